The third-order valence-electron chi connectivity index (χ3n) is 8.04. The fraction of sp³-hybridized carbons (Fsp3) is 0.423. The fourth-order valence-electron chi connectivity index (χ4n) is 6.56. The average molecular weight is 464 g/mol. The first-order chi connectivity index (χ1) is 16.4. The van der Waals surface area contributed by atoms with E-state index >= 15 is 0 Å². The molecule has 1 spiro atoms. The molecule has 2 aromatic rings. The van der Waals surface area contributed by atoms with Gasteiger partial charge < -0.3 is 10.4 Å². The zero-order valence-electron chi connectivity index (χ0n) is 18.6. The van der Waals surface area contributed by atoms with E-state index in [1.165, 1.54) is 23.1 Å². The Morgan fingerprint density at radius 3 is 2.47 bits per heavy atom. The SMILES string of the molecule is O=C1C2C(Cc3ccc(O)cc3)NC3(C(=O)Nc4ccc(F)cc43)C2C(=O)N1C1CCCCC1. The number of amides is 3. The molecule has 2 aromatic carbocycles. The topological polar surface area (TPSA) is 98.7 Å². The number of rotatable bonds is 3. The fourth-order valence-corrected chi connectivity index (χ4v) is 6.56. The first kappa shape index (κ1) is 21.3. The summed E-state index contributed by atoms with van der Waals surface area (Å²) in [6.45, 7) is 0. The van der Waals surface area contributed by atoms with Gasteiger partial charge in [-0.05, 0) is 55.2 Å². The molecule has 4 atom stereocenters. The normalized spacial score (nSPS) is 30.7. The van der Waals surface area contributed by atoms with Gasteiger partial charge in [-0.3, -0.25) is 24.6 Å². The first-order valence-electron chi connectivity index (χ1n) is 11.9. The maximum Gasteiger partial charge on any atom is 0.250 e. The van der Waals surface area contributed by atoms with Crippen LogP contribution in [0, 0.1) is 17.7 Å². The van der Waals surface area contributed by atoms with Gasteiger partial charge >= 0.3 is 0 Å². The van der Waals surface area contributed by atoms with Gasteiger partial charge in [0.05, 0.1) is 11.8 Å². The van der Waals surface area contributed by atoms with Crippen LogP contribution in [-0.2, 0) is 26.3 Å². The second kappa shape index (κ2) is 7.63. The van der Waals surface area contributed by atoms with Crippen LogP contribution in [-0.4, -0.2) is 39.8 Å². The molecule has 176 valence electrons. The van der Waals surface area contributed by atoms with Crippen molar-refractivity contribution in [1.82, 2.24) is 10.2 Å². The van der Waals surface area contributed by atoms with Crippen molar-refractivity contribution in [2.45, 2.75) is 56.1 Å². The molecule has 0 aromatic heterocycles. The van der Waals surface area contributed by atoms with Crippen LogP contribution in [0.3, 0.4) is 0 Å². The summed E-state index contributed by atoms with van der Waals surface area (Å²) < 4.78 is 14.3. The van der Waals surface area contributed by atoms with E-state index in [0.29, 0.717) is 17.7 Å². The molecule has 2 saturated heterocycles. The third-order valence-corrected chi connectivity index (χ3v) is 8.04. The van der Waals surface area contributed by atoms with Crippen LogP contribution in [0.15, 0.2) is 42.5 Å². The minimum absolute atomic E-state index is 0.132. The van der Waals surface area contributed by atoms with Gasteiger partial charge in [0.15, 0.2) is 0 Å². The molecule has 3 heterocycles. The van der Waals surface area contributed by atoms with Crippen molar-refractivity contribution in [3.63, 3.8) is 0 Å². The molecule has 3 amide bonds. The highest BCUT2D eigenvalue weighted by atomic mass is 19.1. The van der Waals surface area contributed by atoms with Gasteiger partial charge in [0.25, 0.3) is 0 Å². The van der Waals surface area contributed by atoms with E-state index in [1.54, 1.807) is 24.3 Å². The number of imide groups is 1. The highest BCUT2D eigenvalue weighted by Gasteiger charge is 2.70. The van der Waals surface area contributed by atoms with Crippen LogP contribution < -0.4 is 10.6 Å². The summed E-state index contributed by atoms with van der Waals surface area (Å²) in [4.78, 5) is 42.6. The number of hydrogen-bond acceptors (Lipinski definition) is 5. The Morgan fingerprint density at radius 1 is 1.00 bits per heavy atom. The largest absolute Gasteiger partial charge is 0.508 e. The zero-order valence-corrected chi connectivity index (χ0v) is 18.6. The van der Waals surface area contributed by atoms with Crippen LogP contribution in [0.4, 0.5) is 10.1 Å². The van der Waals surface area contributed by atoms with Crippen LogP contribution >= 0.6 is 0 Å². The number of benzene rings is 2. The third kappa shape index (κ3) is 2.94. The number of anilines is 1. The summed E-state index contributed by atoms with van der Waals surface area (Å²) in [5.74, 6) is -3.05. The van der Waals surface area contributed by atoms with E-state index in [4.69, 9.17) is 0 Å². The molecule has 6 rings (SSSR count). The van der Waals surface area contributed by atoms with E-state index in [0.717, 1.165) is 37.7 Å². The van der Waals surface area contributed by atoms with Crippen LogP contribution in [0.2, 0.25) is 0 Å². The van der Waals surface area contributed by atoms with Gasteiger partial charge in [-0.15, -0.1) is 0 Å². The summed E-state index contributed by atoms with van der Waals surface area (Å²) in [7, 11) is 0. The van der Waals surface area contributed by atoms with Crippen molar-refractivity contribution in [3.8, 4) is 5.75 Å². The van der Waals surface area contributed by atoms with Crippen LogP contribution in [0.5, 0.6) is 5.75 Å². The molecule has 1 saturated carbocycles. The number of nitrogens with zero attached hydrogens (tertiary/aromatic N) is 1. The molecule has 3 aliphatic heterocycles. The number of halogens is 1. The Balaban J connectivity index is 1.46. The number of aromatic hydroxyl groups is 1. The number of hydrogen-bond donors (Lipinski definition) is 3. The second-order valence-corrected chi connectivity index (χ2v) is 9.92. The molecule has 3 N–H and O–H groups in total. The molecular weight excluding hydrogens is 437 g/mol. The molecule has 0 radical (unpaired) electrons. The highest BCUT2D eigenvalue weighted by molar-refractivity contribution is 6.15. The lowest BCUT2D eigenvalue weighted by Crippen LogP contribution is -2.54. The van der Waals surface area contributed by atoms with E-state index in [1.807, 2.05) is 0 Å². The summed E-state index contributed by atoms with van der Waals surface area (Å²) >= 11 is 0. The molecule has 0 bridgehead atoms. The molecule has 1 aliphatic carbocycles. The van der Waals surface area contributed by atoms with Crippen LogP contribution in [0.1, 0.15) is 43.2 Å². The quantitative estimate of drug-likeness (QED) is 0.608. The van der Waals surface area contributed by atoms with Crippen molar-refractivity contribution >= 4 is 23.4 Å². The van der Waals surface area contributed by atoms with Gasteiger partial charge in [0.1, 0.15) is 17.1 Å². The van der Waals surface area contributed by atoms with Crippen molar-refractivity contribution < 1.29 is 23.9 Å². The smallest absolute Gasteiger partial charge is 0.250 e. The molecule has 7 nitrogen and oxygen atoms in total. The van der Waals surface area contributed by atoms with Crippen molar-refractivity contribution in [2.75, 3.05) is 5.32 Å². The minimum atomic E-state index is -1.50. The standard InChI is InChI=1S/C26H26FN3O4/c27-15-8-11-19-18(13-15)26(25(34)28-19)22-21(20(29-26)12-14-6-9-17(31)10-7-14)23(32)30(24(22)33)16-4-2-1-3-5-16/h6-11,13,16,20-22,29,31H,1-5,12H2,(H,28,34). The maximum atomic E-state index is 14.3. The lowest BCUT2D eigenvalue weighted by atomic mass is 9.76. The Labute approximate surface area is 196 Å². The van der Waals surface area contributed by atoms with E-state index in [2.05, 4.69) is 10.6 Å². The van der Waals surface area contributed by atoms with Crippen LogP contribution in [0.25, 0.3) is 0 Å². The summed E-state index contributed by atoms with van der Waals surface area (Å²) in [5, 5.41) is 15.8. The minimum Gasteiger partial charge on any atom is -0.508 e. The predicted molar refractivity (Wildman–Crippen MR) is 121 cm³/mol. The lowest BCUT2D eigenvalue weighted by molar-refractivity contribution is -0.146. The number of phenols is 1. The number of likely N-dealkylation sites (tertiary alicyclic amines) is 1. The Kier molecular flexibility index (Phi) is 4.78. The van der Waals surface area contributed by atoms with Crippen molar-refractivity contribution in [1.29, 1.82) is 0 Å². The van der Waals surface area contributed by atoms with Crippen molar-refractivity contribution in [3.05, 3.63) is 59.4 Å². The summed E-state index contributed by atoms with van der Waals surface area (Å²) in [6.07, 6.45) is 4.95. The van der Waals surface area contributed by atoms with E-state index in [-0.39, 0.29) is 23.6 Å². The monoisotopic (exact) mass is 463 g/mol. The van der Waals surface area contributed by atoms with E-state index in [9.17, 15) is 23.9 Å². The van der Waals surface area contributed by atoms with Crippen molar-refractivity contribution in [2.24, 2.45) is 11.8 Å². The number of fused-ring (bicyclic) bond motifs is 4. The Bertz CT molecular complexity index is 1190. The molecule has 8 heteroatoms. The molecule has 3 fully saturated rings. The first-order valence-corrected chi connectivity index (χ1v) is 11.9. The molecule has 4 unspecified atom stereocenters. The Hall–Kier alpha value is -3.26. The van der Waals surface area contributed by atoms with Gasteiger partial charge in [0.2, 0.25) is 17.7 Å². The van der Waals surface area contributed by atoms with Gasteiger partial charge in [-0.25, -0.2) is 4.39 Å². The molecule has 4 aliphatic rings. The van der Waals surface area contributed by atoms with Gasteiger partial charge in [-0.1, -0.05) is 31.4 Å². The second-order valence-electron chi connectivity index (χ2n) is 9.92. The number of phenolic OH excluding ortho intramolecular Hbond substituents is 1. The molecular formula is C26H26FN3O4. The number of carbonyl (C=O) groups is 3. The predicted octanol–water partition coefficient (Wildman–Crippen LogP) is 2.83. The maximum absolute atomic E-state index is 14.3. The van der Waals surface area contributed by atoms with Gasteiger partial charge in [0, 0.05) is 23.3 Å². The Morgan fingerprint density at radius 2 is 1.74 bits per heavy atom. The van der Waals surface area contributed by atoms with Gasteiger partial charge in [-0.2, -0.15) is 0 Å². The lowest BCUT2D eigenvalue weighted by Gasteiger charge is -2.34. The highest BCUT2D eigenvalue weighted by Crippen LogP contribution is 2.54. The molecule has 34 heavy (non-hydrogen) atoms. The zero-order chi connectivity index (χ0) is 23.6. The number of nitrogens with one attached hydrogen (secondary N) is 2. The van der Waals surface area contributed by atoms with E-state index < -0.39 is 35.1 Å². The average Bonchev–Trinajstić information content (AvgIpc) is 3.40. The summed E-state index contributed by atoms with van der Waals surface area (Å²) in [5.41, 5.74) is 0.201. The summed E-state index contributed by atoms with van der Waals surface area (Å²) in [6, 6.07) is 10.1. The number of carbonyl (C=O) groups excluding carboxylic acids is 3.